The standard InChI is InChI=1S/C6H13NO8S/c7-3-5(15-16(11,12)13)4(9)2(1-8)14-6(3)10/h2-6,8-10H,1,7H2,(H,11,12,13)/t2-,3-,4+,5-,6?/m1/s1. The molecule has 0 amide bonds. The highest BCUT2D eigenvalue weighted by Gasteiger charge is 2.45. The third-order valence-corrected chi connectivity index (χ3v) is 2.62. The molecule has 1 fully saturated rings. The highest BCUT2D eigenvalue weighted by Crippen LogP contribution is 2.21. The summed E-state index contributed by atoms with van der Waals surface area (Å²) in [5.74, 6) is 0. The molecule has 0 aromatic rings. The first-order valence-corrected chi connectivity index (χ1v) is 5.66. The molecule has 0 saturated carbocycles. The topological polar surface area (TPSA) is 160 Å². The van der Waals surface area contributed by atoms with Gasteiger partial charge in [-0.2, -0.15) is 8.42 Å². The van der Waals surface area contributed by atoms with Gasteiger partial charge in [0.05, 0.1) is 12.6 Å². The smallest absolute Gasteiger partial charge is 0.394 e. The Bertz CT molecular complexity index is 331. The van der Waals surface area contributed by atoms with E-state index >= 15 is 0 Å². The minimum atomic E-state index is -4.83. The number of aliphatic hydroxyl groups excluding tert-OH is 3. The van der Waals surface area contributed by atoms with Crippen molar-refractivity contribution in [2.45, 2.75) is 30.6 Å². The minimum absolute atomic E-state index is 0.670. The number of ether oxygens (including phenoxy) is 1. The Morgan fingerprint density at radius 1 is 1.38 bits per heavy atom. The molecule has 1 heterocycles. The summed E-state index contributed by atoms with van der Waals surface area (Å²) >= 11 is 0. The fourth-order valence-corrected chi connectivity index (χ4v) is 1.89. The van der Waals surface area contributed by atoms with Crippen molar-refractivity contribution in [2.75, 3.05) is 6.61 Å². The van der Waals surface area contributed by atoms with Gasteiger partial charge in [-0.1, -0.05) is 0 Å². The maximum absolute atomic E-state index is 10.5. The van der Waals surface area contributed by atoms with Gasteiger partial charge in [0.2, 0.25) is 0 Å². The second kappa shape index (κ2) is 4.89. The lowest BCUT2D eigenvalue weighted by Crippen LogP contribution is -2.63. The number of hydrogen-bond acceptors (Lipinski definition) is 8. The Balaban J connectivity index is 2.85. The molecule has 9 nitrogen and oxygen atoms in total. The zero-order chi connectivity index (χ0) is 12.5. The molecule has 10 heteroatoms. The molecule has 0 spiro atoms. The third kappa shape index (κ3) is 3.09. The van der Waals surface area contributed by atoms with Crippen LogP contribution in [0.15, 0.2) is 0 Å². The molecule has 0 aliphatic carbocycles. The normalized spacial score (nSPS) is 40.9. The van der Waals surface area contributed by atoms with Gasteiger partial charge in [0.1, 0.15) is 18.3 Å². The van der Waals surface area contributed by atoms with E-state index in [9.17, 15) is 18.6 Å². The summed E-state index contributed by atoms with van der Waals surface area (Å²) in [7, 11) is -4.83. The summed E-state index contributed by atoms with van der Waals surface area (Å²) in [4.78, 5) is 0. The number of aliphatic hydroxyl groups is 3. The Hall–Kier alpha value is -0.330. The van der Waals surface area contributed by atoms with Crippen LogP contribution in [0.1, 0.15) is 0 Å². The predicted molar refractivity (Wildman–Crippen MR) is 48.4 cm³/mol. The SMILES string of the molecule is N[C@H]1C(O)O[C@H](CO)[C@H](O)[C@@H]1OS(=O)(=O)O. The lowest BCUT2D eigenvalue weighted by molar-refractivity contribution is -0.244. The first kappa shape index (κ1) is 13.7. The van der Waals surface area contributed by atoms with Gasteiger partial charge in [0, 0.05) is 0 Å². The van der Waals surface area contributed by atoms with E-state index in [1.165, 1.54) is 0 Å². The van der Waals surface area contributed by atoms with E-state index in [2.05, 4.69) is 8.92 Å². The summed E-state index contributed by atoms with van der Waals surface area (Å²) in [6.07, 6.45) is -6.06. The zero-order valence-corrected chi connectivity index (χ0v) is 8.82. The summed E-state index contributed by atoms with van der Waals surface area (Å²) < 4.78 is 38.2. The number of nitrogens with two attached hydrogens (primary N) is 1. The fourth-order valence-electron chi connectivity index (χ4n) is 1.36. The lowest BCUT2D eigenvalue weighted by atomic mass is 9.98. The minimum Gasteiger partial charge on any atom is -0.394 e. The molecule has 1 aliphatic heterocycles. The Morgan fingerprint density at radius 2 is 1.94 bits per heavy atom. The van der Waals surface area contributed by atoms with Crippen molar-refractivity contribution in [2.24, 2.45) is 5.73 Å². The molecule has 0 radical (unpaired) electrons. The van der Waals surface area contributed by atoms with Crippen LogP contribution in [0.2, 0.25) is 0 Å². The molecular weight excluding hydrogens is 246 g/mol. The first-order chi connectivity index (χ1) is 7.26. The fraction of sp³-hybridized carbons (Fsp3) is 1.00. The molecule has 16 heavy (non-hydrogen) atoms. The van der Waals surface area contributed by atoms with Gasteiger partial charge >= 0.3 is 10.4 Å². The van der Waals surface area contributed by atoms with E-state index in [1.54, 1.807) is 0 Å². The maximum Gasteiger partial charge on any atom is 0.397 e. The van der Waals surface area contributed by atoms with Crippen molar-refractivity contribution < 1.29 is 37.2 Å². The first-order valence-electron chi connectivity index (χ1n) is 4.30. The van der Waals surface area contributed by atoms with Crippen LogP contribution < -0.4 is 5.73 Å². The van der Waals surface area contributed by atoms with Gasteiger partial charge < -0.3 is 25.8 Å². The van der Waals surface area contributed by atoms with E-state index in [0.29, 0.717) is 0 Å². The molecule has 0 bridgehead atoms. The predicted octanol–water partition coefficient (Wildman–Crippen LogP) is -3.43. The molecule has 1 aliphatic rings. The van der Waals surface area contributed by atoms with Crippen LogP contribution in [0.3, 0.4) is 0 Å². The molecule has 96 valence electrons. The second-order valence-corrected chi connectivity index (χ2v) is 4.35. The van der Waals surface area contributed by atoms with E-state index in [-0.39, 0.29) is 0 Å². The average Bonchev–Trinajstić information content (AvgIpc) is 2.17. The highest BCUT2D eigenvalue weighted by molar-refractivity contribution is 7.80. The summed E-state index contributed by atoms with van der Waals surface area (Å²) in [6, 6.07) is -1.38. The largest absolute Gasteiger partial charge is 0.397 e. The molecule has 0 aromatic heterocycles. The summed E-state index contributed by atoms with van der Waals surface area (Å²) in [5, 5.41) is 27.5. The maximum atomic E-state index is 10.5. The van der Waals surface area contributed by atoms with Crippen LogP contribution in [-0.4, -0.2) is 65.5 Å². The third-order valence-electron chi connectivity index (χ3n) is 2.15. The molecule has 1 unspecified atom stereocenters. The average molecular weight is 259 g/mol. The molecule has 1 saturated heterocycles. The van der Waals surface area contributed by atoms with E-state index < -0.39 is 47.6 Å². The summed E-state index contributed by atoms with van der Waals surface area (Å²) in [5.41, 5.74) is 5.32. The van der Waals surface area contributed by atoms with Crippen molar-refractivity contribution >= 4 is 10.4 Å². The van der Waals surface area contributed by atoms with Crippen LogP contribution >= 0.6 is 0 Å². The van der Waals surface area contributed by atoms with E-state index in [1.807, 2.05) is 0 Å². The van der Waals surface area contributed by atoms with Gasteiger partial charge in [0.25, 0.3) is 0 Å². The molecule has 5 atom stereocenters. The molecular formula is C6H13NO8S. The Kier molecular flexibility index (Phi) is 4.20. The second-order valence-electron chi connectivity index (χ2n) is 3.30. The Labute approximate surface area is 91.3 Å². The highest BCUT2D eigenvalue weighted by atomic mass is 32.3. The number of hydrogen-bond donors (Lipinski definition) is 5. The monoisotopic (exact) mass is 259 g/mol. The van der Waals surface area contributed by atoms with Gasteiger partial charge in [-0.15, -0.1) is 0 Å². The van der Waals surface area contributed by atoms with Crippen molar-refractivity contribution in [1.82, 2.24) is 0 Å². The van der Waals surface area contributed by atoms with Crippen LogP contribution in [0.4, 0.5) is 0 Å². The Morgan fingerprint density at radius 3 is 2.38 bits per heavy atom. The van der Waals surface area contributed by atoms with Gasteiger partial charge in [-0.25, -0.2) is 4.18 Å². The van der Waals surface area contributed by atoms with Crippen molar-refractivity contribution in [3.8, 4) is 0 Å². The molecule has 6 N–H and O–H groups in total. The van der Waals surface area contributed by atoms with Crippen LogP contribution in [-0.2, 0) is 19.3 Å². The number of rotatable bonds is 3. The van der Waals surface area contributed by atoms with Crippen molar-refractivity contribution in [1.29, 1.82) is 0 Å². The molecule has 0 aromatic carbocycles. The van der Waals surface area contributed by atoms with Crippen LogP contribution in [0.25, 0.3) is 0 Å². The van der Waals surface area contributed by atoms with Gasteiger partial charge in [-0.3, -0.25) is 4.55 Å². The van der Waals surface area contributed by atoms with Gasteiger partial charge in [-0.05, 0) is 0 Å². The van der Waals surface area contributed by atoms with Crippen molar-refractivity contribution in [3.63, 3.8) is 0 Å². The van der Waals surface area contributed by atoms with Crippen LogP contribution in [0, 0.1) is 0 Å². The quantitative estimate of drug-likeness (QED) is 0.325. The van der Waals surface area contributed by atoms with E-state index in [4.69, 9.17) is 15.4 Å². The lowest BCUT2D eigenvalue weighted by Gasteiger charge is -2.39. The molecule has 1 rings (SSSR count). The van der Waals surface area contributed by atoms with Crippen molar-refractivity contribution in [3.05, 3.63) is 0 Å². The summed E-state index contributed by atoms with van der Waals surface area (Å²) in [6.45, 7) is -0.670. The van der Waals surface area contributed by atoms with Gasteiger partial charge in [0.15, 0.2) is 6.29 Å². The zero-order valence-electron chi connectivity index (χ0n) is 8.00. The van der Waals surface area contributed by atoms with E-state index in [0.717, 1.165) is 0 Å². The van der Waals surface area contributed by atoms with Crippen LogP contribution in [0.5, 0.6) is 0 Å².